The molecular weight excluding hydrogens is 250 g/mol. The van der Waals surface area contributed by atoms with E-state index in [4.69, 9.17) is 5.73 Å². The van der Waals surface area contributed by atoms with Crippen LogP contribution in [-0.4, -0.2) is 13.3 Å². The maximum atomic E-state index is 12.9. The van der Waals surface area contributed by atoms with E-state index in [1.54, 1.807) is 0 Å². The lowest BCUT2D eigenvalue weighted by molar-refractivity contribution is -0.149. The summed E-state index contributed by atoms with van der Waals surface area (Å²) in [7, 11) is 1.17. The summed E-state index contributed by atoms with van der Waals surface area (Å²) in [5.41, 5.74) is 4.71. The molecule has 1 rings (SSSR count). The van der Waals surface area contributed by atoms with Crippen molar-refractivity contribution in [1.82, 2.24) is 0 Å². The predicted octanol–water partition coefficient (Wildman–Crippen LogP) is 2.82. The van der Waals surface area contributed by atoms with Crippen molar-refractivity contribution < 1.29 is 22.3 Å². The fraction of sp³-hybridized carbons (Fsp3) is 0.333. The highest BCUT2D eigenvalue weighted by atomic mass is 35.5. The van der Waals surface area contributed by atoms with E-state index in [1.807, 2.05) is 0 Å². The first kappa shape index (κ1) is 15.0. The Bertz CT molecular complexity index is 356. The summed E-state index contributed by atoms with van der Waals surface area (Å²) in [4.78, 5) is 0. The minimum Gasteiger partial charge on any atom is -0.494 e. The fourth-order valence-electron chi connectivity index (χ4n) is 1.06. The Morgan fingerprint density at radius 3 is 2.31 bits per heavy atom. The number of alkyl halides is 3. The molecule has 0 radical (unpaired) electrons. The van der Waals surface area contributed by atoms with Gasteiger partial charge in [-0.25, -0.2) is 4.39 Å². The van der Waals surface area contributed by atoms with Crippen LogP contribution in [0.1, 0.15) is 11.6 Å². The minimum atomic E-state index is -4.55. The molecule has 0 saturated carbocycles. The smallest absolute Gasteiger partial charge is 0.407 e. The highest BCUT2D eigenvalue weighted by Crippen LogP contribution is 2.32. The van der Waals surface area contributed by atoms with Gasteiger partial charge in [0.05, 0.1) is 7.11 Å². The van der Waals surface area contributed by atoms with Crippen LogP contribution >= 0.6 is 12.4 Å². The van der Waals surface area contributed by atoms with Gasteiger partial charge in [0.1, 0.15) is 6.04 Å². The maximum Gasteiger partial charge on any atom is 0.407 e. The molecule has 0 aliphatic heterocycles. The first-order chi connectivity index (χ1) is 6.86. The Hall–Kier alpha value is -1.01. The van der Waals surface area contributed by atoms with Gasteiger partial charge in [-0.1, -0.05) is 6.07 Å². The minimum absolute atomic E-state index is 0. The molecule has 2 nitrogen and oxygen atoms in total. The van der Waals surface area contributed by atoms with Gasteiger partial charge in [-0.3, -0.25) is 0 Å². The summed E-state index contributed by atoms with van der Waals surface area (Å²) < 4.78 is 54.1. The topological polar surface area (TPSA) is 35.2 Å². The monoisotopic (exact) mass is 259 g/mol. The van der Waals surface area contributed by atoms with Crippen molar-refractivity contribution >= 4 is 12.4 Å². The van der Waals surface area contributed by atoms with E-state index in [1.165, 1.54) is 7.11 Å². The molecule has 0 aromatic heterocycles. The quantitative estimate of drug-likeness (QED) is 0.829. The molecule has 2 N–H and O–H groups in total. The number of rotatable bonds is 2. The third-order valence-corrected chi connectivity index (χ3v) is 1.89. The fourth-order valence-corrected chi connectivity index (χ4v) is 1.06. The molecule has 0 bridgehead atoms. The molecule has 1 aromatic carbocycles. The molecule has 0 saturated heterocycles. The number of hydrogen-bond donors (Lipinski definition) is 1. The second-order valence-corrected chi connectivity index (χ2v) is 2.91. The molecule has 1 aromatic rings. The van der Waals surface area contributed by atoms with E-state index < -0.39 is 18.0 Å². The Morgan fingerprint density at radius 1 is 1.31 bits per heavy atom. The summed E-state index contributed by atoms with van der Waals surface area (Å²) in [6.45, 7) is 0. The van der Waals surface area contributed by atoms with Gasteiger partial charge in [0.2, 0.25) is 0 Å². The van der Waals surface area contributed by atoms with Crippen LogP contribution in [0.4, 0.5) is 17.6 Å². The van der Waals surface area contributed by atoms with Gasteiger partial charge in [0.15, 0.2) is 11.6 Å². The summed E-state index contributed by atoms with van der Waals surface area (Å²) in [6.07, 6.45) is -4.55. The van der Waals surface area contributed by atoms with Crippen LogP contribution < -0.4 is 10.5 Å². The molecule has 0 heterocycles. The van der Waals surface area contributed by atoms with Crippen molar-refractivity contribution in [3.8, 4) is 5.75 Å². The zero-order valence-electron chi connectivity index (χ0n) is 8.22. The Balaban J connectivity index is 0.00000225. The molecule has 0 aliphatic carbocycles. The summed E-state index contributed by atoms with van der Waals surface area (Å²) in [6, 6.07) is 0.676. The largest absolute Gasteiger partial charge is 0.494 e. The summed E-state index contributed by atoms with van der Waals surface area (Å²) >= 11 is 0. The van der Waals surface area contributed by atoms with E-state index in [9.17, 15) is 17.6 Å². The molecule has 0 fully saturated rings. The number of benzene rings is 1. The van der Waals surface area contributed by atoms with Gasteiger partial charge < -0.3 is 10.5 Å². The normalized spacial score (nSPS) is 12.9. The van der Waals surface area contributed by atoms with Gasteiger partial charge in [-0.2, -0.15) is 13.2 Å². The van der Waals surface area contributed by atoms with Crippen LogP contribution in [0.5, 0.6) is 5.75 Å². The van der Waals surface area contributed by atoms with Crippen LogP contribution in [0.15, 0.2) is 18.2 Å². The third kappa shape index (κ3) is 3.24. The molecule has 0 aliphatic rings. The average molecular weight is 260 g/mol. The van der Waals surface area contributed by atoms with Crippen LogP contribution in [-0.2, 0) is 0 Å². The number of halogens is 5. The van der Waals surface area contributed by atoms with Crippen LogP contribution in [0, 0.1) is 5.82 Å². The van der Waals surface area contributed by atoms with Crippen LogP contribution in [0.2, 0.25) is 0 Å². The molecule has 7 heteroatoms. The van der Waals surface area contributed by atoms with Gasteiger partial charge in [-0.15, -0.1) is 12.4 Å². The van der Waals surface area contributed by atoms with E-state index in [2.05, 4.69) is 4.74 Å². The lowest BCUT2D eigenvalue weighted by atomic mass is 10.1. The maximum absolute atomic E-state index is 12.9. The van der Waals surface area contributed by atoms with E-state index in [0.717, 1.165) is 18.2 Å². The number of ether oxygens (including phenoxy) is 1. The van der Waals surface area contributed by atoms with Gasteiger partial charge >= 0.3 is 6.18 Å². The summed E-state index contributed by atoms with van der Waals surface area (Å²) in [5.74, 6) is -0.983. The summed E-state index contributed by atoms with van der Waals surface area (Å²) in [5, 5.41) is 0. The van der Waals surface area contributed by atoms with Crippen molar-refractivity contribution in [2.45, 2.75) is 12.2 Å². The van der Waals surface area contributed by atoms with Crippen LogP contribution in [0.3, 0.4) is 0 Å². The second-order valence-electron chi connectivity index (χ2n) is 2.91. The first-order valence-corrected chi connectivity index (χ1v) is 4.02. The third-order valence-electron chi connectivity index (χ3n) is 1.89. The number of nitrogens with two attached hydrogens (primary N) is 1. The second kappa shape index (κ2) is 5.36. The van der Waals surface area contributed by atoms with Gasteiger partial charge in [0, 0.05) is 0 Å². The standard InChI is InChI=1S/C9H9F4NO.ClH/c1-15-7-4-5(2-3-6(7)10)8(14)9(11,12)13;/h2-4,8H,14H2,1H3;1H/t8-;/m0./s1. The van der Waals surface area contributed by atoms with Gasteiger partial charge in [0.25, 0.3) is 0 Å². The number of hydrogen-bond acceptors (Lipinski definition) is 2. The van der Waals surface area contributed by atoms with Crippen molar-refractivity contribution in [2.75, 3.05) is 7.11 Å². The highest BCUT2D eigenvalue weighted by Gasteiger charge is 2.38. The molecule has 92 valence electrons. The Kier molecular flexibility index (Phi) is 5.02. The molecule has 1 atom stereocenters. The Morgan fingerprint density at radius 2 is 1.88 bits per heavy atom. The number of methoxy groups -OCH3 is 1. The predicted molar refractivity (Wildman–Crippen MR) is 53.2 cm³/mol. The lowest BCUT2D eigenvalue weighted by Crippen LogP contribution is -2.28. The Labute approximate surface area is 95.8 Å². The molecule has 0 spiro atoms. The van der Waals surface area contributed by atoms with Crippen LogP contribution in [0.25, 0.3) is 0 Å². The molecular formula is C9H10ClF4NO. The lowest BCUT2D eigenvalue weighted by Gasteiger charge is -2.16. The molecule has 16 heavy (non-hydrogen) atoms. The van der Waals surface area contributed by atoms with Crippen molar-refractivity contribution in [1.29, 1.82) is 0 Å². The van der Waals surface area contributed by atoms with Gasteiger partial charge in [-0.05, 0) is 17.7 Å². The highest BCUT2D eigenvalue weighted by molar-refractivity contribution is 5.85. The zero-order chi connectivity index (χ0) is 11.6. The zero-order valence-corrected chi connectivity index (χ0v) is 9.03. The van der Waals surface area contributed by atoms with E-state index >= 15 is 0 Å². The first-order valence-electron chi connectivity index (χ1n) is 4.02. The van der Waals surface area contributed by atoms with Crippen molar-refractivity contribution in [3.05, 3.63) is 29.6 Å². The average Bonchev–Trinajstić information content (AvgIpc) is 2.16. The SMILES string of the molecule is COc1cc([C@H](N)C(F)(F)F)ccc1F.Cl. The van der Waals surface area contributed by atoms with Crippen molar-refractivity contribution in [3.63, 3.8) is 0 Å². The van der Waals surface area contributed by atoms with Crippen molar-refractivity contribution in [2.24, 2.45) is 5.73 Å². The molecule has 0 amide bonds. The van der Waals surface area contributed by atoms with E-state index in [0.29, 0.717) is 0 Å². The van der Waals surface area contributed by atoms with E-state index in [-0.39, 0.29) is 23.7 Å². The molecule has 0 unspecified atom stereocenters.